The number of likely N-dealkylation sites (tertiary alicyclic amines) is 1. The summed E-state index contributed by atoms with van der Waals surface area (Å²) in [6, 6.07) is 11.8. The van der Waals surface area contributed by atoms with Crippen molar-refractivity contribution in [3.8, 4) is 0 Å². The summed E-state index contributed by atoms with van der Waals surface area (Å²) in [4.78, 5) is 13.9. The van der Waals surface area contributed by atoms with E-state index in [0.29, 0.717) is 23.4 Å². The number of carbonyl (C=O) groups is 1. The number of rotatable bonds is 9. The quantitative estimate of drug-likeness (QED) is 0.670. The van der Waals surface area contributed by atoms with Crippen LogP contribution in [-0.4, -0.2) is 62.8 Å². The first-order chi connectivity index (χ1) is 13.8. The number of nitrogens with zero attached hydrogens (tertiary/aromatic N) is 1. The van der Waals surface area contributed by atoms with E-state index in [4.69, 9.17) is 0 Å². The Hall–Kier alpha value is -1.50. The van der Waals surface area contributed by atoms with E-state index in [9.17, 15) is 13.2 Å². The Balaban J connectivity index is 1.18. The van der Waals surface area contributed by atoms with Gasteiger partial charge in [0.2, 0.25) is 0 Å². The van der Waals surface area contributed by atoms with Crippen LogP contribution in [0, 0.1) is 11.3 Å². The van der Waals surface area contributed by atoms with E-state index in [0.717, 1.165) is 25.8 Å². The average molecular weight is 417 g/mol. The molecule has 158 valence electrons. The monoisotopic (exact) mass is 416 g/mol. The molecule has 1 aromatic carbocycles. The highest BCUT2D eigenvalue weighted by Gasteiger charge is 2.54. The minimum absolute atomic E-state index is 0.186. The molecule has 5 nitrogen and oxygen atoms in total. The number of carbonyl (C=O) groups excluding carboxylic acids is 1. The highest BCUT2D eigenvalue weighted by molar-refractivity contribution is 7.91. The van der Waals surface area contributed by atoms with Crippen LogP contribution in [0.1, 0.15) is 38.2 Å². The molecule has 1 aromatic rings. The van der Waals surface area contributed by atoms with Gasteiger partial charge in [-0.3, -0.25) is 9.69 Å². The Bertz CT molecular complexity index is 880. The van der Waals surface area contributed by atoms with Gasteiger partial charge in [0.25, 0.3) is 0 Å². The van der Waals surface area contributed by atoms with Crippen LogP contribution in [0.3, 0.4) is 0 Å². The van der Waals surface area contributed by atoms with Crippen molar-refractivity contribution in [3.05, 3.63) is 41.5 Å². The van der Waals surface area contributed by atoms with Crippen LogP contribution in [0.25, 0.3) is 6.08 Å². The second-order valence-corrected chi connectivity index (χ2v) is 11.6. The molecule has 1 spiro atoms. The maximum absolute atomic E-state index is 11.8. The summed E-state index contributed by atoms with van der Waals surface area (Å²) in [5, 5.41) is 3.85. The lowest BCUT2D eigenvalue weighted by Crippen LogP contribution is -2.66. The Morgan fingerprint density at radius 2 is 1.93 bits per heavy atom. The number of nitrogens with one attached hydrogen (secondary N) is 1. The maximum atomic E-state index is 11.8. The number of benzene rings is 1. The van der Waals surface area contributed by atoms with Gasteiger partial charge >= 0.3 is 0 Å². The molecule has 0 amide bonds. The van der Waals surface area contributed by atoms with Crippen molar-refractivity contribution < 1.29 is 13.2 Å². The molecule has 1 aliphatic heterocycles. The molecule has 29 heavy (non-hydrogen) atoms. The Labute approximate surface area is 174 Å². The molecule has 3 fully saturated rings. The van der Waals surface area contributed by atoms with Gasteiger partial charge in [-0.1, -0.05) is 48.9 Å². The number of ketones is 1. The van der Waals surface area contributed by atoms with Crippen LogP contribution in [0.15, 0.2) is 35.9 Å². The molecule has 3 aliphatic rings. The summed E-state index contributed by atoms with van der Waals surface area (Å²) < 4.78 is 22.4. The fraction of sp³-hybridized carbons (Fsp3) is 0.609. The first kappa shape index (κ1) is 20.8. The van der Waals surface area contributed by atoms with Crippen molar-refractivity contribution in [2.45, 2.75) is 44.7 Å². The molecule has 1 saturated heterocycles. The highest BCUT2D eigenvalue weighted by atomic mass is 32.2. The third-order valence-corrected chi connectivity index (χ3v) is 7.42. The molecule has 4 rings (SSSR count). The highest BCUT2D eigenvalue weighted by Crippen LogP contribution is 2.50. The SMILES string of the molecule is CC/C(=C\c1ccccc1)[C@H]1C[C@@H]1NC1CC2(C1)CN(CC(=O)CS(C)(=O)=O)C2. The second kappa shape index (κ2) is 7.97. The van der Waals surface area contributed by atoms with E-state index < -0.39 is 9.84 Å². The smallest absolute Gasteiger partial charge is 0.161 e. The number of hydrogen-bond donors (Lipinski definition) is 1. The van der Waals surface area contributed by atoms with Gasteiger partial charge in [0.15, 0.2) is 15.6 Å². The van der Waals surface area contributed by atoms with Crippen LogP contribution in [0.4, 0.5) is 0 Å². The van der Waals surface area contributed by atoms with Gasteiger partial charge < -0.3 is 5.32 Å². The fourth-order valence-corrected chi connectivity index (χ4v) is 5.97. The molecule has 2 aliphatic carbocycles. The zero-order chi connectivity index (χ0) is 20.6. The molecule has 0 radical (unpaired) electrons. The summed E-state index contributed by atoms with van der Waals surface area (Å²) in [6.07, 6.45) is 8.17. The molecule has 2 atom stereocenters. The van der Waals surface area contributed by atoms with Crippen LogP contribution in [-0.2, 0) is 14.6 Å². The number of sulfone groups is 1. The summed E-state index contributed by atoms with van der Waals surface area (Å²) in [5.74, 6) is 0.151. The minimum atomic E-state index is -3.21. The van der Waals surface area contributed by atoms with Gasteiger partial charge in [0.1, 0.15) is 5.75 Å². The number of Topliss-reactive ketones (excluding diaryl/α,β-unsaturated/α-hetero) is 1. The van der Waals surface area contributed by atoms with Crippen LogP contribution in [0.2, 0.25) is 0 Å². The molecule has 1 heterocycles. The first-order valence-corrected chi connectivity index (χ1v) is 12.7. The van der Waals surface area contributed by atoms with E-state index in [1.54, 1.807) is 5.57 Å². The average Bonchev–Trinajstić information content (AvgIpc) is 3.34. The summed E-state index contributed by atoms with van der Waals surface area (Å²) in [5.41, 5.74) is 3.19. The van der Waals surface area contributed by atoms with Crippen molar-refractivity contribution >= 4 is 21.7 Å². The lowest BCUT2D eigenvalue weighted by atomic mass is 9.60. The van der Waals surface area contributed by atoms with Gasteiger partial charge in [0.05, 0.1) is 6.54 Å². The molecule has 2 saturated carbocycles. The van der Waals surface area contributed by atoms with Crippen LogP contribution in [0.5, 0.6) is 0 Å². The van der Waals surface area contributed by atoms with Gasteiger partial charge in [-0.05, 0) is 42.6 Å². The molecule has 0 unspecified atom stereocenters. The van der Waals surface area contributed by atoms with Crippen molar-refractivity contribution in [1.29, 1.82) is 0 Å². The molecular formula is C23H32N2O3S. The van der Waals surface area contributed by atoms with E-state index in [1.165, 1.54) is 24.8 Å². The summed E-state index contributed by atoms with van der Waals surface area (Å²) in [7, 11) is -3.21. The molecule has 0 aromatic heterocycles. The Kier molecular flexibility index (Phi) is 5.70. The molecular weight excluding hydrogens is 384 g/mol. The third kappa shape index (κ3) is 5.16. The van der Waals surface area contributed by atoms with E-state index in [1.807, 2.05) is 0 Å². The Morgan fingerprint density at radius 1 is 1.24 bits per heavy atom. The van der Waals surface area contributed by atoms with Gasteiger partial charge in [-0.15, -0.1) is 0 Å². The minimum Gasteiger partial charge on any atom is -0.311 e. The predicted molar refractivity (Wildman–Crippen MR) is 116 cm³/mol. The maximum Gasteiger partial charge on any atom is 0.161 e. The zero-order valence-electron chi connectivity index (χ0n) is 17.4. The molecule has 1 N–H and O–H groups in total. The topological polar surface area (TPSA) is 66.5 Å². The second-order valence-electron chi connectivity index (χ2n) is 9.46. The summed E-state index contributed by atoms with van der Waals surface area (Å²) >= 11 is 0. The summed E-state index contributed by atoms with van der Waals surface area (Å²) in [6.45, 7) is 4.39. The molecule has 6 heteroatoms. The van der Waals surface area contributed by atoms with Crippen LogP contribution < -0.4 is 5.32 Å². The zero-order valence-corrected chi connectivity index (χ0v) is 18.2. The van der Waals surface area contributed by atoms with Gasteiger partial charge in [0, 0.05) is 31.4 Å². The van der Waals surface area contributed by atoms with E-state index in [2.05, 4.69) is 53.5 Å². The van der Waals surface area contributed by atoms with E-state index in [-0.39, 0.29) is 18.1 Å². The van der Waals surface area contributed by atoms with Crippen molar-refractivity contribution in [1.82, 2.24) is 10.2 Å². The lowest BCUT2D eigenvalue weighted by Gasteiger charge is -2.59. The predicted octanol–water partition coefficient (Wildman–Crippen LogP) is 2.54. The largest absolute Gasteiger partial charge is 0.311 e. The van der Waals surface area contributed by atoms with Gasteiger partial charge in [-0.2, -0.15) is 0 Å². The Morgan fingerprint density at radius 3 is 2.55 bits per heavy atom. The number of hydrogen-bond acceptors (Lipinski definition) is 5. The van der Waals surface area contributed by atoms with Gasteiger partial charge in [-0.25, -0.2) is 8.42 Å². The fourth-order valence-electron chi connectivity index (χ4n) is 5.29. The van der Waals surface area contributed by atoms with E-state index >= 15 is 0 Å². The van der Waals surface area contributed by atoms with Crippen molar-refractivity contribution in [2.75, 3.05) is 31.6 Å². The van der Waals surface area contributed by atoms with Crippen molar-refractivity contribution in [2.24, 2.45) is 11.3 Å². The normalized spacial score (nSPS) is 26.8. The third-order valence-electron chi connectivity index (χ3n) is 6.58. The standard InChI is InChI=1S/C23H32N2O3S/c1-3-18(9-17-7-5-4-6-8-17)21-10-22(21)24-19-11-23(12-19)15-25(16-23)13-20(26)14-29(2,27)28/h4-9,19,21-22,24H,3,10-16H2,1-2H3/b18-9+/t21-,22+/m1/s1. The van der Waals surface area contributed by atoms with Crippen LogP contribution >= 0.6 is 0 Å². The first-order valence-electron chi connectivity index (χ1n) is 10.7. The van der Waals surface area contributed by atoms with Crippen molar-refractivity contribution in [3.63, 3.8) is 0 Å². The molecule has 0 bridgehead atoms. The lowest BCUT2D eigenvalue weighted by molar-refractivity contribution is -0.126.